The Kier molecular flexibility index (Phi) is 3.41. The number of benzene rings is 1. The number of fused-ring (bicyclic) bond motifs is 2. The molecule has 4 aromatic rings. The Morgan fingerprint density at radius 3 is 2.81 bits per heavy atom. The molecule has 0 saturated carbocycles. The summed E-state index contributed by atoms with van der Waals surface area (Å²) < 4.78 is 15.4. The molecule has 1 aliphatic heterocycles. The number of pyridine rings is 1. The van der Waals surface area contributed by atoms with E-state index in [9.17, 15) is 0 Å². The largest absolute Gasteiger partial charge is 0.486 e. The Bertz CT molecular complexity index is 1080. The predicted octanol–water partition coefficient (Wildman–Crippen LogP) is 3.58. The lowest BCUT2D eigenvalue weighted by atomic mass is 10.1. The molecule has 26 heavy (non-hydrogen) atoms. The third kappa shape index (κ3) is 2.34. The molecular formula is C20H18N4O2. The van der Waals surface area contributed by atoms with Gasteiger partial charge < -0.3 is 14.0 Å². The van der Waals surface area contributed by atoms with Crippen LogP contribution in [0.4, 0.5) is 0 Å². The van der Waals surface area contributed by atoms with Gasteiger partial charge in [-0.1, -0.05) is 12.1 Å². The molecule has 5 rings (SSSR count). The van der Waals surface area contributed by atoms with E-state index in [2.05, 4.69) is 33.7 Å². The summed E-state index contributed by atoms with van der Waals surface area (Å²) in [5.41, 5.74) is 3.15. The maximum absolute atomic E-state index is 5.73. The molecule has 1 unspecified atom stereocenters. The Hall–Kier alpha value is -3.28. The second kappa shape index (κ2) is 5.91. The van der Waals surface area contributed by atoms with E-state index in [4.69, 9.17) is 9.47 Å². The number of ether oxygens (including phenoxy) is 2. The molecule has 6 heteroatoms. The van der Waals surface area contributed by atoms with E-state index in [1.54, 1.807) is 6.20 Å². The highest BCUT2D eigenvalue weighted by molar-refractivity contribution is 5.59. The van der Waals surface area contributed by atoms with Crippen molar-refractivity contribution in [3.63, 3.8) is 0 Å². The SMILES string of the molecule is CC(c1ccc2c(c1)OCCO2)n1ccnc1-c1cccc2ccnn12. The first kappa shape index (κ1) is 15.0. The lowest BCUT2D eigenvalue weighted by molar-refractivity contribution is 0.171. The second-order valence-corrected chi connectivity index (χ2v) is 6.32. The zero-order valence-corrected chi connectivity index (χ0v) is 14.4. The lowest BCUT2D eigenvalue weighted by Gasteiger charge is -2.22. The molecule has 130 valence electrons. The number of imidazole rings is 1. The molecule has 0 fully saturated rings. The van der Waals surface area contributed by atoms with Gasteiger partial charge in [-0.2, -0.15) is 5.10 Å². The predicted molar refractivity (Wildman–Crippen MR) is 97.7 cm³/mol. The van der Waals surface area contributed by atoms with Gasteiger partial charge in [-0.05, 0) is 42.8 Å². The summed E-state index contributed by atoms with van der Waals surface area (Å²) in [6, 6.07) is 14.3. The van der Waals surface area contributed by atoms with E-state index >= 15 is 0 Å². The fourth-order valence-electron chi connectivity index (χ4n) is 3.42. The van der Waals surface area contributed by atoms with Gasteiger partial charge in [-0.3, -0.25) is 0 Å². The number of hydrogen-bond acceptors (Lipinski definition) is 4. The quantitative estimate of drug-likeness (QED) is 0.569. The Morgan fingerprint density at radius 2 is 1.88 bits per heavy atom. The number of hydrogen-bond donors (Lipinski definition) is 0. The molecule has 1 aliphatic rings. The van der Waals surface area contributed by atoms with E-state index < -0.39 is 0 Å². The molecule has 3 aromatic heterocycles. The first-order valence-corrected chi connectivity index (χ1v) is 8.67. The van der Waals surface area contributed by atoms with Crippen molar-refractivity contribution < 1.29 is 9.47 Å². The molecule has 0 amide bonds. The summed E-state index contributed by atoms with van der Waals surface area (Å²) in [4.78, 5) is 4.60. The minimum atomic E-state index is 0.0918. The Balaban J connectivity index is 1.58. The minimum absolute atomic E-state index is 0.0918. The first-order chi connectivity index (χ1) is 12.8. The van der Waals surface area contributed by atoms with Crippen LogP contribution in [0.5, 0.6) is 11.5 Å². The maximum Gasteiger partial charge on any atom is 0.161 e. The van der Waals surface area contributed by atoms with Crippen molar-refractivity contribution in [1.82, 2.24) is 19.2 Å². The van der Waals surface area contributed by atoms with Gasteiger partial charge in [0.15, 0.2) is 17.3 Å². The molecule has 0 aliphatic carbocycles. The summed E-state index contributed by atoms with van der Waals surface area (Å²) in [6.45, 7) is 3.34. The standard InChI is InChI=1S/C20H18N4O2/c1-14(15-5-6-18-19(13-15)26-12-11-25-18)23-10-9-21-20(23)17-4-2-3-16-7-8-22-24(16)17/h2-10,13-14H,11-12H2,1H3. The molecule has 1 atom stereocenters. The molecule has 0 saturated heterocycles. The molecule has 1 aromatic carbocycles. The number of aromatic nitrogens is 4. The van der Waals surface area contributed by atoms with Crippen molar-refractivity contribution >= 4 is 5.52 Å². The molecule has 6 nitrogen and oxygen atoms in total. The first-order valence-electron chi connectivity index (χ1n) is 8.67. The van der Waals surface area contributed by atoms with E-state index in [1.165, 1.54) is 0 Å². The van der Waals surface area contributed by atoms with Crippen LogP contribution in [0.25, 0.3) is 17.0 Å². The van der Waals surface area contributed by atoms with E-state index in [-0.39, 0.29) is 6.04 Å². The molecule has 0 radical (unpaired) electrons. The van der Waals surface area contributed by atoms with Crippen molar-refractivity contribution in [3.8, 4) is 23.0 Å². The van der Waals surface area contributed by atoms with Gasteiger partial charge in [-0.15, -0.1) is 0 Å². The minimum Gasteiger partial charge on any atom is -0.486 e. The van der Waals surface area contributed by atoms with Gasteiger partial charge >= 0.3 is 0 Å². The van der Waals surface area contributed by atoms with E-state index in [0.29, 0.717) is 13.2 Å². The molecular weight excluding hydrogens is 328 g/mol. The highest BCUT2D eigenvalue weighted by Crippen LogP contribution is 2.34. The van der Waals surface area contributed by atoms with Crippen LogP contribution in [0, 0.1) is 0 Å². The fraction of sp³-hybridized carbons (Fsp3) is 0.200. The maximum atomic E-state index is 5.73. The van der Waals surface area contributed by atoms with Crippen LogP contribution >= 0.6 is 0 Å². The van der Waals surface area contributed by atoms with Crippen molar-refractivity contribution in [2.45, 2.75) is 13.0 Å². The molecule has 0 N–H and O–H groups in total. The van der Waals surface area contributed by atoms with E-state index in [0.717, 1.165) is 34.1 Å². The Labute approximate surface area is 150 Å². The van der Waals surface area contributed by atoms with Crippen LogP contribution in [-0.2, 0) is 0 Å². The summed E-state index contributed by atoms with van der Waals surface area (Å²) >= 11 is 0. The summed E-state index contributed by atoms with van der Waals surface area (Å²) in [5, 5.41) is 4.43. The van der Waals surface area contributed by atoms with Gasteiger partial charge in [-0.25, -0.2) is 9.50 Å². The number of rotatable bonds is 3. The molecule has 0 spiro atoms. The Morgan fingerprint density at radius 1 is 1.00 bits per heavy atom. The van der Waals surface area contributed by atoms with Gasteiger partial charge in [0.25, 0.3) is 0 Å². The van der Waals surface area contributed by atoms with Crippen molar-refractivity contribution in [1.29, 1.82) is 0 Å². The highest BCUT2D eigenvalue weighted by atomic mass is 16.6. The van der Waals surface area contributed by atoms with E-state index in [1.807, 2.05) is 47.2 Å². The topological polar surface area (TPSA) is 53.6 Å². The second-order valence-electron chi connectivity index (χ2n) is 6.32. The summed E-state index contributed by atoms with van der Waals surface area (Å²) in [6.07, 6.45) is 5.63. The van der Waals surface area contributed by atoms with Crippen molar-refractivity contribution in [2.24, 2.45) is 0 Å². The van der Waals surface area contributed by atoms with Gasteiger partial charge in [0.2, 0.25) is 0 Å². The normalized spacial score (nSPS) is 14.5. The van der Waals surface area contributed by atoms with Crippen LogP contribution in [0.2, 0.25) is 0 Å². The highest BCUT2D eigenvalue weighted by Gasteiger charge is 2.19. The molecule has 0 bridgehead atoms. The van der Waals surface area contributed by atoms with Gasteiger partial charge in [0.05, 0.1) is 17.8 Å². The monoisotopic (exact) mass is 346 g/mol. The third-order valence-corrected chi connectivity index (χ3v) is 4.78. The average Bonchev–Trinajstić information content (AvgIpc) is 3.36. The smallest absolute Gasteiger partial charge is 0.161 e. The zero-order chi connectivity index (χ0) is 17.5. The molecule has 4 heterocycles. The third-order valence-electron chi connectivity index (χ3n) is 4.78. The van der Waals surface area contributed by atoms with Gasteiger partial charge in [0.1, 0.15) is 18.9 Å². The van der Waals surface area contributed by atoms with Crippen molar-refractivity contribution in [2.75, 3.05) is 13.2 Å². The van der Waals surface area contributed by atoms with Gasteiger partial charge in [0, 0.05) is 12.4 Å². The fourth-order valence-corrected chi connectivity index (χ4v) is 3.42. The summed E-state index contributed by atoms with van der Waals surface area (Å²) in [5.74, 6) is 2.48. The number of nitrogens with zero attached hydrogens (tertiary/aromatic N) is 4. The summed E-state index contributed by atoms with van der Waals surface area (Å²) in [7, 11) is 0. The van der Waals surface area contributed by atoms with Crippen LogP contribution in [0.15, 0.2) is 61.1 Å². The van der Waals surface area contributed by atoms with Crippen LogP contribution < -0.4 is 9.47 Å². The van der Waals surface area contributed by atoms with Crippen LogP contribution in [0.1, 0.15) is 18.5 Å². The lowest BCUT2D eigenvalue weighted by Crippen LogP contribution is -2.16. The van der Waals surface area contributed by atoms with Crippen molar-refractivity contribution in [3.05, 3.63) is 66.6 Å². The zero-order valence-electron chi connectivity index (χ0n) is 14.4. The van der Waals surface area contributed by atoms with Crippen LogP contribution in [-0.4, -0.2) is 32.4 Å². The average molecular weight is 346 g/mol. The van der Waals surface area contributed by atoms with Crippen LogP contribution in [0.3, 0.4) is 0 Å².